The summed E-state index contributed by atoms with van der Waals surface area (Å²) in [5.74, 6) is 1.28. The van der Waals surface area contributed by atoms with E-state index in [1.807, 2.05) is 37.3 Å². The normalized spacial score (nSPS) is 11.9. The molecule has 1 heterocycles. The highest BCUT2D eigenvalue weighted by Crippen LogP contribution is 2.17. The van der Waals surface area contributed by atoms with E-state index in [2.05, 4.69) is 22.4 Å². The maximum absolute atomic E-state index is 5.25. The first-order chi connectivity index (χ1) is 8.31. The van der Waals surface area contributed by atoms with Gasteiger partial charge in [0, 0.05) is 5.56 Å². The number of nitrogens with one attached hydrogen (secondary N) is 1. The molecule has 2 aromatic rings. The predicted octanol–water partition coefficient (Wildman–Crippen LogP) is 3.22. The summed E-state index contributed by atoms with van der Waals surface area (Å²) < 4.78 is 5.25. The Morgan fingerprint density at radius 2 is 2.00 bits per heavy atom. The molecule has 0 bridgehead atoms. The van der Waals surface area contributed by atoms with Gasteiger partial charge >= 0.3 is 0 Å². The molecule has 18 heavy (non-hydrogen) atoms. The average molecular weight is 268 g/mol. The molecule has 1 aromatic heterocycles. The molecule has 0 aliphatic heterocycles. The van der Waals surface area contributed by atoms with Crippen LogP contribution in [0.15, 0.2) is 34.9 Å². The quantitative estimate of drug-likeness (QED) is 0.904. The second-order valence-electron chi connectivity index (χ2n) is 4.00. The standard InChI is InChI=1S/C13H17N3O.ClH/c1-3-9-14-10(2)13-15-12(16-17-13)11-7-5-4-6-8-11;/h4-8,10,14H,3,9H2,1-2H3;1H. The average Bonchev–Trinajstić information content (AvgIpc) is 2.86. The number of benzene rings is 1. The largest absolute Gasteiger partial charge is 0.337 e. The zero-order valence-corrected chi connectivity index (χ0v) is 11.4. The van der Waals surface area contributed by atoms with Crippen molar-refractivity contribution in [2.24, 2.45) is 0 Å². The van der Waals surface area contributed by atoms with Crippen LogP contribution in [0.3, 0.4) is 0 Å². The van der Waals surface area contributed by atoms with Crippen LogP contribution in [0.25, 0.3) is 11.4 Å². The van der Waals surface area contributed by atoms with Gasteiger partial charge in [-0.2, -0.15) is 4.98 Å². The van der Waals surface area contributed by atoms with E-state index < -0.39 is 0 Å². The fraction of sp³-hybridized carbons (Fsp3) is 0.385. The van der Waals surface area contributed by atoms with Crippen LogP contribution in [0.4, 0.5) is 0 Å². The molecule has 0 aliphatic carbocycles. The van der Waals surface area contributed by atoms with Crippen molar-refractivity contribution < 1.29 is 4.52 Å². The summed E-state index contributed by atoms with van der Waals surface area (Å²) in [6.07, 6.45) is 1.09. The molecule has 0 fully saturated rings. The van der Waals surface area contributed by atoms with Gasteiger partial charge in [-0.3, -0.25) is 0 Å². The minimum atomic E-state index is 0. The van der Waals surface area contributed by atoms with Gasteiger partial charge in [0.1, 0.15) is 0 Å². The molecule has 0 aliphatic rings. The topological polar surface area (TPSA) is 51.0 Å². The Morgan fingerprint density at radius 3 is 2.67 bits per heavy atom. The van der Waals surface area contributed by atoms with E-state index in [9.17, 15) is 0 Å². The van der Waals surface area contributed by atoms with E-state index in [4.69, 9.17) is 4.52 Å². The maximum Gasteiger partial charge on any atom is 0.243 e. The minimum absolute atomic E-state index is 0. The fourth-order valence-electron chi connectivity index (χ4n) is 1.56. The van der Waals surface area contributed by atoms with Gasteiger partial charge in [0.15, 0.2) is 0 Å². The number of rotatable bonds is 5. The van der Waals surface area contributed by atoms with Gasteiger partial charge in [-0.15, -0.1) is 12.4 Å². The minimum Gasteiger partial charge on any atom is -0.337 e. The predicted molar refractivity (Wildman–Crippen MR) is 73.7 cm³/mol. The maximum atomic E-state index is 5.25. The Morgan fingerprint density at radius 1 is 1.28 bits per heavy atom. The van der Waals surface area contributed by atoms with Crippen LogP contribution in [0, 0.1) is 0 Å². The summed E-state index contributed by atoms with van der Waals surface area (Å²) >= 11 is 0. The van der Waals surface area contributed by atoms with Gasteiger partial charge in [0.2, 0.25) is 11.7 Å². The summed E-state index contributed by atoms with van der Waals surface area (Å²) in [6.45, 7) is 5.10. The van der Waals surface area contributed by atoms with Crippen molar-refractivity contribution >= 4 is 12.4 Å². The molecule has 98 valence electrons. The van der Waals surface area contributed by atoms with Crippen LogP contribution in [-0.2, 0) is 0 Å². The molecule has 1 unspecified atom stereocenters. The summed E-state index contributed by atoms with van der Waals surface area (Å²) in [5, 5.41) is 7.31. The number of aromatic nitrogens is 2. The summed E-state index contributed by atoms with van der Waals surface area (Å²) in [6, 6.07) is 9.93. The second kappa shape index (κ2) is 7.13. The third-order valence-electron chi connectivity index (χ3n) is 2.54. The van der Waals surface area contributed by atoms with Crippen molar-refractivity contribution in [2.75, 3.05) is 6.54 Å². The SMILES string of the molecule is CCCNC(C)c1nc(-c2ccccc2)no1.Cl. The highest BCUT2D eigenvalue weighted by Gasteiger charge is 2.13. The van der Waals surface area contributed by atoms with Crippen molar-refractivity contribution in [2.45, 2.75) is 26.3 Å². The number of hydrogen-bond acceptors (Lipinski definition) is 4. The smallest absolute Gasteiger partial charge is 0.243 e. The molecule has 0 saturated carbocycles. The molecular weight excluding hydrogens is 250 g/mol. The number of halogens is 1. The van der Waals surface area contributed by atoms with Gasteiger partial charge < -0.3 is 9.84 Å². The summed E-state index contributed by atoms with van der Waals surface area (Å²) in [5.41, 5.74) is 0.977. The van der Waals surface area contributed by atoms with Crippen molar-refractivity contribution in [3.8, 4) is 11.4 Å². The van der Waals surface area contributed by atoms with E-state index in [0.29, 0.717) is 11.7 Å². The first kappa shape index (κ1) is 14.7. The highest BCUT2D eigenvalue weighted by atomic mass is 35.5. The van der Waals surface area contributed by atoms with Gasteiger partial charge in [0.25, 0.3) is 0 Å². The molecule has 0 radical (unpaired) electrons. The zero-order valence-electron chi connectivity index (χ0n) is 10.6. The lowest BCUT2D eigenvalue weighted by Gasteiger charge is -2.06. The Labute approximate surface area is 113 Å². The van der Waals surface area contributed by atoms with Crippen LogP contribution in [0.1, 0.15) is 32.2 Å². The van der Waals surface area contributed by atoms with Crippen LogP contribution >= 0.6 is 12.4 Å². The van der Waals surface area contributed by atoms with Crippen LogP contribution < -0.4 is 5.32 Å². The highest BCUT2D eigenvalue weighted by molar-refractivity contribution is 5.85. The molecule has 2 rings (SSSR count). The first-order valence-electron chi connectivity index (χ1n) is 5.93. The lowest BCUT2D eigenvalue weighted by atomic mass is 10.2. The van der Waals surface area contributed by atoms with Gasteiger partial charge in [-0.05, 0) is 19.9 Å². The van der Waals surface area contributed by atoms with Crippen LogP contribution in [0.2, 0.25) is 0 Å². The molecule has 0 saturated heterocycles. The monoisotopic (exact) mass is 267 g/mol. The van der Waals surface area contributed by atoms with Crippen molar-refractivity contribution in [3.05, 3.63) is 36.2 Å². The van der Waals surface area contributed by atoms with Crippen molar-refractivity contribution in [1.29, 1.82) is 0 Å². The molecule has 4 nitrogen and oxygen atoms in total. The fourth-order valence-corrected chi connectivity index (χ4v) is 1.56. The van der Waals surface area contributed by atoms with Crippen molar-refractivity contribution in [3.63, 3.8) is 0 Å². The molecule has 1 aromatic carbocycles. The Balaban J connectivity index is 0.00000162. The van der Waals surface area contributed by atoms with E-state index in [1.165, 1.54) is 0 Å². The van der Waals surface area contributed by atoms with Crippen molar-refractivity contribution in [1.82, 2.24) is 15.5 Å². The van der Waals surface area contributed by atoms with E-state index in [1.54, 1.807) is 0 Å². The molecule has 0 amide bonds. The van der Waals surface area contributed by atoms with Gasteiger partial charge in [0.05, 0.1) is 6.04 Å². The van der Waals surface area contributed by atoms with Crippen LogP contribution in [-0.4, -0.2) is 16.7 Å². The van der Waals surface area contributed by atoms with Gasteiger partial charge in [-0.1, -0.05) is 42.4 Å². The van der Waals surface area contributed by atoms with E-state index in [-0.39, 0.29) is 18.4 Å². The molecule has 1 N–H and O–H groups in total. The Hall–Kier alpha value is -1.39. The number of hydrogen-bond donors (Lipinski definition) is 1. The summed E-state index contributed by atoms with van der Waals surface area (Å²) in [7, 11) is 0. The second-order valence-corrected chi connectivity index (χ2v) is 4.00. The van der Waals surface area contributed by atoms with Gasteiger partial charge in [-0.25, -0.2) is 0 Å². The number of nitrogens with zero attached hydrogens (tertiary/aromatic N) is 2. The van der Waals surface area contributed by atoms with E-state index >= 15 is 0 Å². The molecule has 1 atom stereocenters. The molecule has 0 spiro atoms. The van der Waals surface area contributed by atoms with E-state index in [0.717, 1.165) is 18.5 Å². The lowest BCUT2D eigenvalue weighted by Crippen LogP contribution is -2.19. The third kappa shape index (κ3) is 3.55. The molecule has 5 heteroatoms. The first-order valence-corrected chi connectivity index (χ1v) is 5.93. The summed E-state index contributed by atoms with van der Waals surface area (Å²) in [4.78, 5) is 4.39. The molecular formula is C13H18ClN3O. The lowest BCUT2D eigenvalue weighted by molar-refractivity contribution is 0.340. The zero-order chi connectivity index (χ0) is 12.1. The Kier molecular flexibility index (Phi) is 5.82. The van der Waals surface area contributed by atoms with Crippen LogP contribution in [0.5, 0.6) is 0 Å². The Bertz CT molecular complexity index is 458. The third-order valence-corrected chi connectivity index (χ3v) is 2.54.